The fourth-order valence-electron chi connectivity index (χ4n) is 1.97. The van der Waals surface area contributed by atoms with E-state index in [0.29, 0.717) is 12.5 Å². The van der Waals surface area contributed by atoms with Crippen LogP contribution in [0.3, 0.4) is 0 Å². The average molecular weight is 248 g/mol. The van der Waals surface area contributed by atoms with Crippen molar-refractivity contribution in [2.75, 3.05) is 6.54 Å². The lowest BCUT2D eigenvalue weighted by Gasteiger charge is -2.17. The van der Waals surface area contributed by atoms with Gasteiger partial charge >= 0.3 is 0 Å². The molecule has 100 valence electrons. The predicted molar refractivity (Wildman–Crippen MR) is 75.3 cm³/mol. The number of carbonyl (C=O) groups excluding carboxylic acids is 1. The van der Waals surface area contributed by atoms with Crippen LogP contribution in [0.25, 0.3) is 0 Å². The molecule has 1 aromatic rings. The van der Waals surface area contributed by atoms with Crippen molar-refractivity contribution in [2.24, 2.45) is 11.7 Å². The molecule has 0 fully saturated rings. The van der Waals surface area contributed by atoms with Crippen molar-refractivity contribution in [2.45, 2.75) is 39.2 Å². The third-order valence-electron chi connectivity index (χ3n) is 3.01. The van der Waals surface area contributed by atoms with Gasteiger partial charge in [-0.3, -0.25) is 4.79 Å². The first-order valence-electron chi connectivity index (χ1n) is 6.59. The second-order valence-electron chi connectivity index (χ2n) is 5.27. The summed E-state index contributed by atoms with van der Waals surface area (Å²) < 4.78 is 0. The minimum atomic E-state index is -0.127. The van der Waals surface area contributed by atoms with Crippen LogP contribution in [0.15, 0.2) is 30.3 Å². The minimum Gasteiger partial charge on any atom is -0.354 e. The molecule has 3 heteroatoms. The summed E-state index contributed by atoms with van der Waals surface area (Å²) in [4.78, 5) is 12.0. The second kappa shape index (κ2) is 7.17. The van der Waals surface area contributed by atoms with E-state index in [0.717, 1.165) is 12.0 Å². The van der Waals surface area contributed by atoms with Crippen LogP contribution in [0.4, 0.5) is 0 Å². The lowest BCUT2D eigenvalue weighted by molar-refractivity contribution is -0.122. The molecule has 0 aliphatic heterocycles. The third-order valence-corrected chi connectivity index (χ3v) is 3.01. The Morgan fingerprint density at radius 3 is 2.39 bits per heavy atom. The number of amides is 1. The van der Waals surface area contributed by atoms with E-state index in [-0.39, 0.29) is 17.9 Å². The Hall–Kier alpha value is -1.35. The van der Waals surface area contributed by atoms with Crippen molar-refractivity contribution >= 4 is 5.91 Å². The van der Waals surface area contributed by atoms with Gasteiger partial charge in [0.05, 0.1) is 5.92 Å². The summed E-state index contributed by atoms with van der Waals surface area (Å²) in [6.45, 7) is 6.73. The lowest BCUT2D eigenvalue weighted by Crippen LogP contribution is -2.39. The van der Waals surface area contributed by atoms with Crippen molar-refractivity contribution < 1.29 is 4.79 Å². The molecule has 0 aliphatic rings. The molecule has 0 saturated carbocycles. The third kappa shape index (κ3) is 4.88. The quantitative estimate of drug-likeness (QED) is 0.811. The fourth-order valence-corrected chi connectivity index (χ4v) is 1.97. The van der Waals surface area contributed by atoms with Crippen LogP contribution >= 0.6 is 0 Å². The standard InChI is InChI=1S/C15H24N2O/c1-11(2)9-14(16)10-17-15(18)12(3)13-7-5-4-6-8-13/h4-8,11-12,14H,9-10,16H2,1-3H3,(H,17,18). The second-order valence-corrected chi connectivity index (χ2v) is 5.27. The van der Waals surface area contributed by atoms with E-state index in [9.17, 15) is 4.79 Å². The van der Waals surface area contributed by atoms with Crippen molar-refractivity contribution in [1.82, 2.24) is 5.32 Å². The van der Waals surface area contributed by atoms with E-state index >= 15 is 0 Å². The Labute approximate surface area is 110 Å². The smallest absolute Gasteiger partial charge is 0.227 e. The SMILES string of the molecule is CC(C)CC(N)CNC(=O)C(C)c1ccccc1. The highest BCUT2D eigenvalue weighted by Gasteiger charge is 2.15. The van der Waals surface area contributed by atoms with E-state index in [1.165, 1.54) is 0 Å². The fraction of sp³-hybridized carbons (Fsp3) is 0.533. The average Bonchev–Trinajstić information content (AvgIpc) is 2.35. The number of nitrogens with one attached hydrogen (secondary N) is 1. The predicted octanol–water partition coefficient (Wildman–Crippen LogP) is 2.28. The van der Waals surface area contributed by atoms with Crippen LogP contribution in [0.5, 0.6) is 0 Å². The van der Waals surface area contributed by atoms with Crippen molar-refractivity contribution in [3.8, 4) is 0 Å². The van der Waals surface area contributed by atoms with Gasteiger partial charge in [0, 0.05) is 12.6 Å². The Morgan fingerprint density at radius 1 is 1.22 bits per heavy atom. The zero-order valence-electron chi connectivity index (χ0n) is 11.5. The minimum absolute atomic E-state index is 0.0388. The summed E-state index contributed by atoms with van der Waals surface area (Å²) in [6, 6.07) is 9.83. The van der Waals surface area contributed by atoms with Crippen molar-refractivity contribution in [3.63, 3.8) is 0 Å². The van der Waals surface area contributed by atoms with Crippen LogP contribution in [-0.4, -0.2) is 18.5 Å². The maximum absolute atomic E-state index is 12.0. The summed E-state index contributed by atoms with van der Waals surface area (Å²) in [7, 11) is 0. The molecular weight excluding hydrogens is 224 g/mol. The molecule has 1 amide bonds. The van der Waals surface area contributed by atoms with Crippen LogP contribution in [-0.2, 0) is 4.79 Å². The molecule has 0 aliphatic carbocycles. The molecule has 1 rings (SSSR count). The Kier molecular flexibility index (Phi) is 5.86. The Morgan fingerprint density at radius 2 is 1.83 bits per heavy atom. The van der Waals surface area contributed by atoms with Gasteiger partial charge in [0.1, 0.15) is 0 Å². The number of benzene rings is 1. The first-order valence-corrected chi connectivity index (χ1v) is 6.59. The van der Waals surface area contributed by atoms with Gasteiger partial charge in [-0.05, 0) is 24.8 Å². The van der Waals surface area contributed by atoms with Gasteiger partial charge in [0.15, 0.2) is 0 Å². The van der Waals surface area contributed by atoms with Crippen LogP contribution < -0.4 is 11.1 Å². The molecule has 18 heavy (non-hydrogen) atoms. The Bertz CT molecular complexity index is 362. The first-order chi connectivity index (χ1) is 8.50. The van der Waals surface area contributed by atoms with E-state index in [1.54, 1.807) is 0 Å². The van der Waals surface area contributed by atoms with Crippen molar-refractivity contribution in [3.05, 3.63) is 35.9 Å². The maximum Gasteiger partial charge on any atom is 0.227 e. The summed E-state index contributed by atoms with van der Waals surface area (Å²) in [5, 5.41) is 2.92. The number of carbonyl (C=O) groups is 1. The zero-order chi connectivity index (χ0) is 13.5. The van der Waals surface area contributed by atoms with Crippen LogP contribution in [0.1, 0.15) is 38.7 Å². The van der Waals surface area contributed by atoms with Gasteiger partial charge in [-0.2, -0.15) is 0 Å². The molecule has 0 heterocycles. The summed E-state index contributed by atoms with van der Waals surface area (Å²) in [5.41, 5.74) is 6.98. The molecule has 0 bridgehead atoms. The molecule has 0 spiro atoms. The van der Waals surface area contributed by atoms with Gasteiger partial charge in [0.2, 0.25) is 5.91 Å². The van der Waals surface area contributed by atoms with E-state index in [4.69, 9.17) is 5.73 Å². The highest BCUT2D eigenvalue weighted by molar-refractivity contribution is 5.83. The molecule has 3 nitrogen and oxygen atoms in total. The van der Waals surface area contributed by atoms with E-state index in [1.807, 2.05) is 37.3 Å². The van der Waals surface area contributed by atoms with Gasteiger partial charge in [-0.25, -0.2) is 0 Å². The summed E-state index contributed by atoms with van der Waals surface area (Å²) in [6.07, 6.45) is 0.931. The first kappa shape index (κ1) is 14.7. The topological polar surface area (TPSA) is 55.1 Å². The highest BCUT2D eigenvalue weighted by atomic mass is 16.1. The Balaban J connectivity index is 2.41. The number of hydrogen-bond donors (Lipinski definition) is 2. The lowest BCUT2D eigenvalue weighted by atomic mass is 10.00. The zero-order valence-corrected chi connectivity index (χ0v) is 11.5. The molecule has 2 unspecified atom stereocenters. The molecule has 1 aromatic carbocycles. The molecule has 3 N–H and O–H groups in total. The van der Waals surface area contributed by atoms with Crippen molar-refractivity contribution in [1.29, 1.82) is 0 Å². The summed E-state index contributed by atoms with van der Waals surface area (Å²) in [5.74, 6) is 0.473. The number of hydrogen-bond acceptors (Lipinski definition) is 2. The van der Waals surface area contributed by atoms with Gasteiger partial charge < -0.3 is 11.1 Å². The largest absolute Gasteiger partial charge is 0.354 e. The molecule has 2 atom stereocenters. The van der Waals surface area contributed by atoms with Gasteiger partial charge in [-0.15, -0.1) is 0 Å². The highest BCUT2D eigenvalue weighted by Crippen LogP contribution is 2.14. The van der Waals surface area contributed by atoms with Gasteiger partial charge in [-0.1, -0.05) is 44.2 Å². The number of rotatable bonds is 6. The van der Waals surface area contributed by atoms with E-state index in [2.05, 4.69) is 19.2 Å². The monoisotopic (exact) mass is 248 g/mol. The van der Waals surface area contributed by atoms with Gasteiger partial charge in [0.25, 0.3) is 0 Å². The molecular formula is C15H24N2O. The molecule has 0 saturated heterocycles. The summed E-state index contributed by atoms with van der Waals surface area (Å²) >= 11 is 0. The normalized spacial score (nSPS) is 14.3. The number of nitrogens with two attached hydrogens (primary N) is 1. The van der Waals surface area contributed by atoms with E-state index < -0.39 is 0 Å². The van der Waals surface area contributed by atoms with Crippen LogP contribution in [0, 0.1) is 5.92 Å². The van der Waals surface area contributed by atoms with Crippen LogP contribution in [0.2, 0.25) is 0 Å². The molecule has 0 radical (unpaired) electrons. The maximum atomic E-state index is 12.0. The molecule has 0 aromatic heterocycles.